The topological polar surface area (TPSA) is 268 Å². The number of carbonyl (C=O) groups is 1. The molecule has 4 rings (SSSR count). The third kappa shape index (κ3) is 21.9. The Morgan fingerprint density at radius 1 is 0.681 bits per heavy atom. The van der Waals surface area contributed by atoms with Crippen molar-refractivity contribution in [2.75, 3.05) is 33.3 Å². The van der Waals surface area contributed by atoms with Crippen LogP contribution in [-0.4, -0.2) is 110 Å². The van der Waals surface area contributed by atoms with Crippen LogP contribution in [0.2, 0.25) is 0 Å². The van der Waals surface area contributed by atoms with Crippen molar-refractivity contribution in [3.63, 3.8) is 0 Å². The molecule has 0 aromatic heterocycles. The second-order valence-corrected chi connectivity index (χ2v) is 24.0. The average Bonchev–Trinajstić information content (AvgIpc) is 3.29. The van der Waals surface area contributed by atoms with Crippen LogP contribution in [-0.2, 0) is 37.6 Å². The number of nitriles is 2. The molecule has 0 radical (unpaired) electrons. The third-order valence-corrected chi connectivity index (χ3v) is 15.1. The first-order valence-electron chi connectivity index (χ1n) is 23.4. The Bertz CT molecular complexity index is 2530. The van der Waals surface area contributed by atoms with Crippen molar-refractivity contribution >= 4 is 38.5 Å². The number of aryl methyl sites for hydroxylation is 1. The van der Waals surface area contributed by atoms with E-state index in [0.717, 1.165) is 16.7 Å². The maximum Gasteiger partial charge on any atom is 0.407 e. The lowest BCUT2D eigenvalue weighted by molar-refractivity contribution is 0.0392. The molecule has 0 saturated carbocycles. The van der Waals surface area contributed by atoms with Gasteiger partial charge in [-0.05, 0) is 112 Å². The number of hydrogen-bond acceptors (Lipinski definition) is 12. The van der Waals surface area contributed by atoms with Crippen LogP contribution in [0.5, 0.6) is 5.75 Å². The van der Waals surface area contributed by atoms with Crippen LogP contribution in [0.15, 0.2) is 119 Å². The molecule has 0 aliphatic carbocycles. The molecule has 0 aliphatic heterocycles. The van der Waals surface area contributed by atoms with Gasteiger partial charge in [-0.25, -0.2) is 21.6 Å². The van der Waals surface area contributed by atoms with Crippen molar-refractivity contribution in [2.24, 2.45) is 16.6 Å². The van der Waals surface area contributed by atoms with Gasteiger partial charge in [-0.15, -0.1) is 12.4 Å². The number of methoxy groups -OCH3 is 1. The molecule has 0 heterocycles. The van der Waals surface area contributed by atoms with Gasteiger partial charge in [0.05, 0.1) is 47.3 Å². The first-order chi connectivity index (χ1) is 32.7. The second-order valence-electron chi connectivity index (χ2n) is 20.2. The van der Waals surface area contributed by atoms with Gasteiger partial charge in [0.25, 0.3) is 0 Å². The van der Waals surface area contributed by atoms with Gasteiger partial charge in [0.15, 0.2) is 0 Å². The van der Waals surface area contributed by atoms with Gasteiger partial charge in [0.2, 0.25) is 20.0 Å². The van der Waals surface area contributed by atoms with Gasteiger partial charge in [-0.1, -0.05) is 106 Å². The minimum Gasteiger partial charge on any atom is -0.497 e. The smallest absolute Gasteiger partial charge is 0.407 e. The van der Waals surface area contributed by atoms with Crippen LogP contribution in [0, 0.1) is 40.4 Å². The number of aliphatic hydroxyl groups excluding tert-OH is 2. The van der Waals surface area contributed by atoms with E-state index < -0.39 is 66.9 Å². The maximum absolute atomic E-state index is 13.8. The number of sulfonamides is 2. The number of nitrogens with zero attached hydrogens (tertiary/aromatic N) is 4. The number of alkyl carbamates (subject to hydrolysis) is 1. The van der Waals surface area contributed by atoms with Gasteiger partial charge < -0.3 is 36.2 Å². The highest BCUT2D eigenvalue weighted by atomic mass is 35.5. The van der Waals surface area contributed by atoms with Crippen molar-refractivity contribution in [1.82, 2.24) is 13.9 Å². The number of aliphatic hydroxyl groups is 2. The van der Waals surface area contributed by atoms with E-state index in [2.05, 4.69) is 17.5 Å². The molecule has 0 saturated heterocycles. The molecular formula is C53H77ClN6O10S2. The summed E-state index contributed by atoms with van der Waals surface area (Å²) in [6.45, 7) is 14.6. The van der Waals surface area contributed by atoms with Crippen LogP contribution in [0.3, 0.4) is 0 Å². The molecular weight excluding hydrogens is 980 g/mol. The van der Waals surface area contributed by atoms with Crippen molar-refractivity contribution in [3.05, 3.63) is 126 Å². The van der Waals surface area contributed by atoms with Crippen molar-refractivity contribution in [1.29, 1.82) is 10.5 Å². The zero-order valence-electron chi connectivity index (χ0n) is 43.1. The molecule has 1 amide bonds. The fourth-order valence-electron chi connectivity index (χ4n) is 7.47. The molecule has 3 unspecified atom stereocenters. The highest BCUT2D eigenvalue weighted by Crippen LogP contribution is 2.30. The number of nitrogens with two attached hydrogens (primary N) is 1. The summed E-state index contributed by atoms with van der Waals surface area (Å²) in [7, 11) is -6.40. The molecule has 72 heavy (non-hydrogen) atoms. The van der Waals surface area contributed by atoms with E-state index >= 15 is 0 Å². The quantitative estimate of drug-likeness (QED) is 0.0536. The minimum absolute atomic E-state index is 0. The fourth-order valence-corrected chi connectivity index (χ4v) is 10.8. The monoisotopic (exact) mass is 1060 g/mol. The SMILES string of the molecule is COc1ccc(S(=O)(=O)N(CC(O)[C@H](Cc2ccccc2)NC(=O)OC(C)(C)C)CC(C)(C)CCC#N)cc1.Cc1ccc(S(=O)(=O)N(CC(O)C(N)Cc2ccccc2)CC(C)(C)CCC#N)cc1.Cl.O. The lowest BCUT2D eigenvalue weighted by Gasteiger charge is -2.35. The zero-order valence-corrected chi connectivity index (χ0v) is 45.6. The highest BCUT2D eigenvalue weighted by Gasteiger charge is 2.36. The molecule has 4 aromatic carbocycles. The third-order valence-electron chi connectivity index (χ3n) is 11.4. The molecule has 19 heteroatoms. The Kier molecular flexibility index (Phi) is 26.6. The summed E-state index contributed by atoms with van der Waals surface area (Å²) in [6.07, 6.45) is -0.683. The largest absolute Gasteiger partial charge is 0.497 e. The van der Waals surface area contributed by atoms with E-state index in [-0.39, 0.29) is 66.7 Å². The summed E-state index contributed by atoms with van der Waals surface area (Å²) in [5, 5.41) is 43.0. The van der Waals surface area contributed by atoms with Gasteiger partial charge in [-0.3, -0.25) is 0 Å². The summed E-state index contributed by atoms with van der Waals surface area (Å²) in [6, 6.07) is 34.4. The van der Waals surface area contributed by atoms with Crippen LogP contribution in [0.4, 0.5) is 4.79 Å². The summed E-state index contributed by atoms with van der Waals surface area (Å²) in [5.74, 6) is 0.513. The second kappa shape index (κ2) is 29.5. The maximum atomic E-state index is 13.8. The van der Waals surface area contributed by atoms with E-state index in [0.29, 0.717) is 31.4 Å². The lowest BCUT2D eigenvalue weighted by Crippen LogP contribution is -2.52. The fraction of sp³-hybridized carbons (Fsp3) is 0.491. The van der Waals surface area contributed by atoms with Gasteiger partial charge >= 0.3 is 6.09 Å². The van der Waals surface area contributed by atoms with Crippen LogP contribution >= 0.6 is 12.4 Å². The van der Waals surface area contributed by atoms with Crippen molar-refractivity contribution in [2.45, 2.75) is 134 Å². The van der Waals surface area contributed by atoms with Gasteiger partial charge in [0.1, 0.15) is 11.4 Å². The molecule has 0 bridgehead atoms. The molecule has 0 aliphatic rings. The number of carbonyl (C=O) groups excluding carboxylic acids is 1. The molecule has 0 spiro atoms. The number of nitrogens with one attached hydrogen (secondary N) is 1. The minimum atomic E-state index is -4.05. The number of rotatable bonds is 24. The number of hydrogen-bond donors (Lipinski definition) is 4. The molecule has 16 nitrogen and oxygen atoms in total. The molecule has 0 fully saturated rings. The van der Waals surface area contributed by atoms with Crippen LogP contribution < -0.4 is 15.8 Å². The normalized spacial score (nSPS) is 13.6. The lowest BCUT2D eigenvalue weighted by atomic mass is 9.88. The van der Waals surface area contributed by atoms with Gasteiger partial charge in [-0.2, -0.15) is 19.1 Å². The van der Waals surface area contributed by atoms with E-state index in [4.69, 9.17) is 25.7 Å². The number of halogens is 1. The first-order valence-corrected chi connectivity index (χ1v) is 26.2. The van der Waals surface area contributed by atoms with E-state index in [1.165, 1.54) is 27.9 Å². The van der Waals surface area contributed by atoms with E-state index in [1.54, 1.807) is 57.2 Å². The van der Waals surface area contributed by atoms with Crippen LogP contribution in [0.25, 0.3) is 0 Å². The Balaban J connectivity index is 0.000000717. The van der Waals surface area contributed by atoms with Crippen LogP contribution in [0.1, 0.15) is 90.8 Å². The predicted octanol–water partition coefficient (Wildman–Crippen LogP) is 7.36. The number of amides is 1. The summed E-state index contributed by atoms with van der Waals surface area (Å²) in [4.78, 5) is 12.9. The average molecular weight is 1060 g/mol. The Hall–Kier alpha value is -5.12. The highest BCUT2D eigenvalue weighted by molar-refractivity contribution is 7.89. The summed E-state index contributed by atoms with van der Waals surface area (Å²) in [5.41, 5.74) is 7.30. The first kappa shape index (κ1) is 64.9. The van der Waals surface area contributed by atoms with E-state index in [9.17, 15) is 31.8 Å². The van der Waals surface area contributed by atoms with Gasteiger partial charge in [0, 0.05) is 45.1 Å². The molecule has 4 atom stereocenters. The van der Waals surface area contributed by atoms with E-state index in [1.807, 2.05) is 95.3 Å². The standard InChI is InChI=1S/C29H41N3O6S.C24H33N3O3S.ClH.H2O/c1-28(2,3)38-27(34)31-25(19-22-11-8-7-9-12-22)26(33)20-32(21-29(4,5)17-10-18-30)39(35,36)24-15-13-23(37-6)14-16-24;1-19-10-12-21(13-11-19)31(29,30)27(18-24(2,3)14-7-15-25)17-23(28)22(26)16-20-8-5-4-6-9-20;;/h7-9,11-16,25-26,33H,10,17,19-21H2,1-6H3,(H,31,34);4-6,8-13,22-23,28H,7,14,16-18,26H2,1-3H3;1H;1H2/t25-,26?;;;/m0.../s1. The Morgan fingerprint density at radius 3 is 1.49 bits per heavy atom. The predicted molar refractivity (Wildman–Crippen MR) is 283 cm³/mol. The molecule has 398 valence electrons. The van der Waals surface area contributed by atoms with Crippen molar-refractivity contribution in [3.8, 4) is 17.9 Å². The van der Waals surface area contributed by atoms with Crippen molar-refractivity contribution < 1.29 is 46.8 Å². The Labute approximate surface area is 435 Å². The number of benzene rings is 4. The Morgan fingerprint density at radius 2 is 1.08 bits per heavy atom. The number of ether oxygens (including phenoxy) is 2. The summed E-state index contributed by atoms with van der Waals surface area (Å²) >= 11 is 0. The molecule has 4 aromatic rings. The molecule has 7 N–H and O–H groups in total. The summed E-state index contributed by atoms with van der Waals surface area (Å²) < 4.78 is 67.6. The zero-order chi connectivity index (χ0) is 52.3.